The maximum absolute atomic E-state index is 4.95. The molecule has 174 valence electrons. The van der Waals surface area contributed by atoms with E-state index in [-0.39, 0.29) is 5.41 Å². The molecule has 0 fully saturated rings. The number of hydrogen-bond acceptors (Lipinski definition) is 2. The number of hydrogen-bond donors (Lipinski definition) is 0. The van der Waals surface area contributed by atoms with Crippen LogP contribution in [0.5, 0.6) is 0 Å². The van der Waals surface area contributed by atoms with Crippen molar-refractivity contribution in [3.63, 3.8) is 0 Å². The second-order valence-electron chi connectivity index (χ2n) is 11.5. The summed E-state index contributed by atoms with van der Waals surface area (Å²) in [6, 6.07) is 16.2. The molecule has 0 atom stereocenters. The average molecular weight is 466 g/mol. The minimum atomic E-state index is 0.274. The molecule has 0 aliphatic carbocycles. The normalized spacial score (nSPS) is 12.5. The molecule has 5 rings (SSSR count). The topological polar surface area (TPSA) is 12.9 Å². The van der Waals surface area contributed by atoms with Crippen LogP contribution in [-0.4, -0.2) is 4.98 Å². The van der Waals surface area contributed by atoms with Crippen LogP contribution in [-0.2, 0) is 6.42 Å². The zero-order valence-electron chi connectivity index (χ0n) is 21.8. The fraction of sp³-hybridized carbons (Fsp3) is 0.344. The van der Waals surface area contributed by atoms with Crippen LogP contribution in [0.15, 0.2) is 48.7 Å². The minimum absolute atomic E-state index is 0.274. The Morgan fingerprint density at radius 1 is 0.882 bits per heavy atom. The Kier molecular flexibility index (Phi) is 5.56. The molecule has 2 heteroatoms. The lowest BCUT2D eigenvalue weighted by Crippen LogP contribution is -2.10. The van der Waals surface area contributed by atoms with Crippen molar-refractivity contribution >= 4 is 42.3 Å². The molecule has 0 amide bonds. The molecule has 34 heavy (non-hydrogen) atoms. The first-order valence-electron chi connectivity index (χ1n) is 12.4. The van der Waals surface area contributed by atoms with Crippen molar-refractivity contribution in [3.05, 3.63) is 76.5 Å². The first-order valence-corrected chi connectivity index (χ1v) is 13.2. The SMILES string of the molecule is Cc1cc(C)c2c(C(C)C)cc(-c3nccc4c3sc3c(C)c(CC(C)(C)C)ccc34)cc2c1. The highest BCUT2D eigenvalue weighted by Gasteiger charge is 2.19. The zero-order chi connectivity index (χ0) is 24.4. The summed E-state index contributed by atoms with van der Waals surface area (Å²) < 4.78 is 2.70. The molecular weight excluding hydrogens is 430 g/mol. The van der Waals surface area contributed by atoms with E-state index in [1.807, 2.05) is 17.5 Å². The molecule has 0 saturated heterocycles. The number of benzene rings is 3. The third kappa shape index (κ3) is 3.92. The van der Waals surface area contributed by atoms with Crippen molar-refractivity contribution in [3.8, 4) is 11.3 Å². The highest BCUT2D eigenvalue weighted by molar-refractivity contribution is 7.26. The maximum atomic E-state index is 4.95. The van der Waals surface area contributed by atoms with Gasteiger partial charge in [-0.2, -0.15) is 0 Å². The first kappa shape index (κ1) is 23.1. The van der Waals surface area contributed by atoms with E-state index in [1.165, 1.54) is 64.3 Å². The second-order valence-corrected chi connectivity index (χ2v) is 12.5. The molecule has 5 aromatic rings. The van der Waals surface area contributed by atoms with Crippen molar-refractivity contribution < 1.29 is 0 Å². The van der Waals surface area contributed by atoms with Crippen LogP contribution in [0, 0.1) is 26.2 Å². The Morgan fingerprint density at radius 2 is 1.62 bits per heavy atom. The van der Waals surface area contributed by atoms with Gasteiger partial charge >= 0.3 is 0 Å². The largest absolute Gasteiger partial charge is 0.255 e. The molecule has 2 aromatic heterocycles. The van der Waals surface area contributed by atoms with E-state index in [0.29, 0.717) is 5.92 Å². The second kappa shape index (κ2) is 8.20. The highest BCUT2D eigenvalue weighted by atomic mass is 32.1. The molecule has 0 aliphatic rings. The predicted octanol–water partition coefficient (Wildman–Crippen LogP) is 9.91. The third-order valence-corrected chi connectivity index (χ3v) is 8.30. The summed E-state index contributed by atoms with van der Waals surface area (Å²) in [4.78, 5) is 4.95. The van der Waals surface area contributed by atoms with Gasteiger partial charge in [-0.1, -0.05) is 64.4 Å². The number of pyridine rings is 1. The molecule has 1 nitrogen and oxygen atoms in total. The van der Waals surface area contributed by atoms with E-state index in [4.69, 9.17) is 4.98 Å². The van der Waals surface area contributed by atoms with E-state index in [2.05, 4.69) is 97.9 Å². The van der Waals surface area contributed by atoms with Gasteiger partial charge in [0, 0.05) is 27.2 Å². The lowest BCUT2D eigenvalue weighted by Gasteiger charge is -2.19. The van der Waals surface area contributed by atoms with Crippen LogP contribution < -0.4 is 0 Å². The van der Waals surface area contributed by atoms with Gasteiger partial charge in [-0.15, -0.1) is 11.3 Å². The Hall–Kier alpha value is -2.71. The summed E-state index contributed by atoms with van der Waals surface area (Å²) in [6.45, 7) is 18.3. The van der Waals surface area contributed by atoms with Crippen LogP contribution >= 0.6 is 11.3 Å². The zero-order valence-corrected chi connectivity index (χ0v) is 22.6. The molecule has 0 N–H and O–H groups in total. The van der Waals surface area contributed by atoms with Gasteiger partial charge in [0.2, 0.25) is 0 Å². The maximum Gasteiger partial charge on any atom is 0.0880 e. The van der Waals surface area contributed by atoms with Crippen molar-refractivity contribution in [2.45, 2.75) is 67.7 Å². The number of aromatic nitrogens is 1. The van der Waals surface area contributed by atoms with Gasteiger partial charge in [0.25, 0.3) is 0 Å². The average Bonchev–Trinajstić information content (AvgIpc) is 3.13. The molecule has 0 unspecified atom stereocenters. The summed E-state index contributed by atoms with van der Waals surface area (Å²) in [5.74, 6) is 0.452. The monoisotopic (exact) mass is 465 g/mol. The fourth-order valence-corrected chi connectivity index (χ4v) is 6.79. The Labute approximate surface area is 207 Å². The fourth-order valence-electron chi connectivity index (χ4n) is 5.46. The van der Waals surface area contributed by atoms with Gasteiger partial charge in [-0.25, -0.2) is 0 Å². The minimum Gasteiger partial charge on any atom is -0.255 e. The third-order valence-electron chi connectivity index (χ3n) is 6.95. The lowest BCUT2D eigenvalue weighted by atomic mass is 9.86. The van der Waals surface area contributed by atoms with Gasteiger partial charge in [0.1, 0.15) is 0 Å². The number of thiophene rings is 1. The van der Waals surface area contributed by atoms with Crippen molar-refractivity contribution in [2.75, 3.05) is 0 Å². The van der Waals surface area contributed by atoms with Crippen molar-refractivity contribution in [1.29, 1.82) is 0 Å². The van der Waals surface area contributed by atoms with Crippen LogP contribution in [0.4, 0.5) is 0 Å². The Bertz CT molecular complexity index is 1560. The van der Waals surface area contributed by atoms with Crippen LogP contribution in [0.2, 0.25) is 0 Å². The van der Waals surface area contributed by atoms with Crippen molar-refractivity contribution in [1.82, 2.24) is 4.98 Å². The molecule has 0 spiro atoms. The molecule has 0 bridgehead atoms. The van der Waals surface area contributed by atoms with Crippen molar-refractivity contribution in [2.24, 2.45) is 5.41 Å². The van der Waals surface area contributed by atoms with E-state index in [9.17, 15) is 0 Å². The Balaban J connectivity index is 1.78. The summed E-state index contributed by atoms with van der Waals surface area (Å²) in [5, 5.41) is 5.40. The van der Waals surface area contributed by atoms with E-state index < -0.39 is 0 Å². The Morgan fingerprint density at radius 3 is 2.32 bits per heavy atom. The lowest BCUT2D eigenvalue weighted by molar-refractivity contribution is 0.410. The summed E-state index contributed by atoms with van der Waals surface area (Å²) >= 11 is 1.91. The van der Waals surface area contributed by atoms with E-state index in [1.54, 1.807) is 0 Å². The molecule has 2 heterocycles. The number of nitrogens with zero attached hydrogens (tertiary/aromatic N) is 1. The summed E-state index contributed by atoms with van der Waals surface area (Å²) in [7, 11) is 0. The first-order chi connectivity index (χ1) is 16.0. The predicted molar refractivity (Wildman–Crippen MR) is 152 cm³/mol. The standard InChI is InChI=1S/C32H35NS/c1-18(2)27-16-24(15-23-14-19(3)13-20(4)28(23)27)29-31-26(11-12-33-29)25-10-9-22(17-32(6,7)8)21(5)30(25)34-31/h9-16,18H,17H2,1-8H3. The van der Waals surface area contributed by atoms with Gasteiger partial charge in [-0.3, -0.25) is 4.98 Å². The molecule has 0 aliphatic heterocycles. The number of rotatable bonds is 3. The summed E-state index contributed by atoms with van der Waals surface area (Å²) in [5.41, 5.74) is 9.58. The molecular formula is C32H35NS. The molecule has 0 saturated carbocycles. The van der Waals surface area contributed by atoms with Gasteiger partial charge in [0.05, 0.1) is 10.4 Å². The molecule has 3 aromatic carbocycles. The van der Waals surface area contributed by atoms with Crippen LogP contribution in [0.25, 0.3) is 42.2 Å². The van der Waals surface area contributed by atoms with Gasteiger partial charge in [-0.05, 0) is 89.8 Å². The van der Waals surface area contributed by atoms with Crippen LogP contribution in [0.1, 0.15) is 68.4 Å². The van der Waals surface area contributed by atoms with Gasteiger partial charge < -0.3 is 0 Å². The number of fused-ring (bicyclic) bond motifs is 4. The van der Waals surface area contributed by atoms with Crippen LogP contribution in [0.3, 0.4) is 0 Å². The van der Waals surface area contributed by atoms with E-state index >= 15 is 0 Å². The quantitative estimate of drug-likeness (QED) is 0.258. The summed E-state index contributed by atoms with van der Waals surface area (Å²) in [6.07, 6.45) is 3.08. The smallest absolute Gasteiger partial charge is 0.0880 e. The van der Waals surface area contributed by atoms with E-state index in [0.717, 1.165) is 12.1 Å². The highest BCUT2D eigenvalue weighted by Crippen LogP contribution is 2.43. The van der Waals surface area contributed by atoms with Gasteiger partial charge in [0.15, 0.2) is 0 Å². The molecule has 0 radical (unpaired) electrons. The number of aryl methyl sites for hydroxylation is 3.